The van der Waals surface area contributed by atoms with Crippen LogP contribution in [0.5, 0.6) is 5.75 Å². The van der Waals surface area contributed by atoms with Crippen LogP contribution in [0.3, 0.4) is 0 Å². The lowest BCUT2D eigenvalue weighted by Crippen LogP contribution is -2.30. The first-order valence-electron chi connectivity index (χ1n) is 8.66. The van der Waals surface area contributed by atoms with Crippen molar-refractivity contribution in [1.29, 1.82) is 0 Å². The maximum absolute atomic E-state index is 12.4. The van der Waals surface area contributed by atoms with Crippen molar-refractivity contribution in [2.45, 2.75) is 39.1 Å². The van der Waals surface area contributed by atoms with E-state index in [2.05, 4.69) is 34.4 Å². The lowest BCUT2D eigenvalue weighted by Gasteiger charge is -2.31. The molecular weight excluding hydrogens is 339 g/mol. The Morgan fingerprint density at radius 2 is 1.96 bits per heavy atom. The van der Waals surface area contributed by atoms with E-state index in [0.717, 1.165) is 31.5 Å². The number of halogens is 3. The van der Waals surface area contributed by atoms with Crippen molar-refractivity contribution in [3.63, 3.8) is 0 Å². The number of hydrogen-bond donors (Lipinski definition) is 0. The number of allylic oxidation sites excluding steroid dienone is 1. The number of nitrogens with zero attached hydrogens (tertiary/aromatic N) is 1. The van der Waals surface area contributed by atoms with E-state index in [4.69, 9.17) is 0 Å². The van der Waals surface area contributed by atoms with Gasteiger partial charge in [-0.15, -0.1) is 19.8 Å². The van der Waals surface area contributed by atoms with Crippen molar-refractivity contribution in [3.8, 4) is 5.75 Å². The van der Waals surface area contributed by atoms with Gasteiger partial charge in [0.15, 0.2) is 0 Å². The summed E-state index contributed by atoms with van der Waals surface area (Å²) in [6.45, 7) is 7.43. The number of aryl methyl sites for hydroxylation is 1. The van der Waals surface area contributed by atoms with E-state index in [1.54, 1.807) is 6.07 Å². The normalized spacial score (nSPS) is 14.1. The molecule has 138 valence electrons. The van der Waals surface area contributed by atoms with Crippen molar-refractivity contribution in [2.24, 2.45) is 0 Å². The van der Waals surface area contributed by atoms with Crippen LogP contribution in [0.15, 0.2) is 54.6 Å². The Bertz CT molecular complexity index is 798. The van der Waals surface area contributed by atoms with Crippen LogP contribution in [-0.2, 0) is 19.4 Å². The largest absolute Gasteiger partial charge is 0.573 e. The molecule has 0 unspecified atom stereocenters. The highest BCUT2D eigenvalue weighted by molar-refractivity contribution is 5.53. The Kier molecular flexibility index (Phi) is 5.25. The lowest BCUT2D eigenvalue weighted by molar-refractivity contribution is -0.274. The third kappa shape index (κ3) is 4.81. The van der Waals surface area contributed by atoms with Gasteiger partial charge in [0.25, 0.3) is 0 Å². The maximum Gasteiger partial charge on any atom is 0.573 e. The molecule has 0 saturated heterocycles. The second kappa shape index (κ2) is 7.44. The summed E-state index contributed by atoms with van der Waals surface area (Å²) in [6.07, 6.45) is -1.83. The van der Waals surface area contributed by atoms with Gasteiger partial charge in [0.05, 0.1) is 0 Å². The molecule has 0 saturated carbocycles. The Hall–Kier alpha value is -2.43. The number of ether oxygens (including phenoxy) is 1. The van der Waals surface area contributed by atoms with Gasteiger partial charge in [-0.05, 0) is 55.0 Å². The molecule has 0 aromatic heterocycles. The van der Waals surface area contributed by atoms with Crippen molar-refractivity contribution in [1.82, 2.24) is 0 Å². The summed E-state index contributed by atoms with van der Waals surface area (Å²) in [4.78, 5) is 2.08. The first-order chi connectivity index (χ1) is 12.3. The smallest absolute Gasteiger partial charge is 0.406 e. The zero-order valence-electron chi connectivity index (χ0n) is 14.8. The fraction of sp³-hybridized carbons (Fsp3) is 0.333. The highest BCUT2D eigenvalue weighted by Gasteiger charge is 2.31. The fourth-order valence-corrected chi connectivity index (χ4v) is 3.22. The molecule has 26 heavy (non-hydrogen) atoms. The van der Waals surface area contributed by atoms with Crippen molar-refractivity contribution >= 4 is 5.69 Å². The van der Waals surface area contributed by atoms with Gasteiger partial charge in [-0.1, -0.05) is 29.8 Å². The van der Waals surface area contributed by atoms with Gasteiger partial charge in [0, 0.05) is 24.8 Å². The molecule has 0 aliphatic carbocycles. The van der Waals surface area contributed by atoms with Crippen LogP contribution >= 0.6 is 0 Å². The second-order valence-electron chi connectivity index (χ2n) is 6.78. The Morgan fingerprint density at radius 3 is 2.69 bits per heavy atom. The maximum atomic E-state index is 12.4. The highest BCUT2D eigenvalue weighted by atomic mass is 19.4. The van der Waals surface area contributed by atoms with Gasteiger partial charge in [-0.2, -0.15) is 0 Å². The number of hydrogen-bond acceptors (Lipinski definition) is 2. The molecule has 0 radical (unpaired) electrons. The molecule has 0 spiro atoms. The topological polar surface area (TPSA) is 12.5 Å². The minimum absolute atomic E-state index is 0.184. The Morgan fingerprint density at radius 1 is 1.15 bits per heavy atom. The zero-order valence-corrected chi connectivity index (χ0v) is 14.8. The van der Waals surface area contributed by atoms with Crippen LogP contribution < -0.4 is 9.64 Å². The molecule has 2 nitrogen and oxygen atoms in total. The lowest BCUT2D eigenvalue weighted by atomic mass is 9.95. The molecule has 0 bridgehead atoms. The van der Waals surface area contributed by atoms with Crippen molar-refractivity contribution in [2.75, 3.05) is 11.4 Å². The predicted molar refractivity (Wildman–Crippen MR) is 97.5 cm³/mol. The van der Waals surface area contributed by atoms with E-state index in [0.29, 0.717) is 6.54 Å². The van der Waals surface area contributed by atoms with Crippen LogP contribution in [0.2, 0.25) is 0 Å². The van der Waals surface area contributed by atoms with Crippen LogP contribution in [0.4, 0.5) is 18.9 Å². The molecule has 0 atom stereocenters. The standard InChI is InChI=1S/C21H22F3NO/c1-15(2)6-7-16-8-9-18-14-25(11-10-17(18)12-16)19-4-3-5-20(13-19)26-21(22,23)24/h3-5,8-9,12-13H,1,6-7,10-11,14H2,2H3. The number of benzene rings is 2. The summed E-state index contributed by atoms with van der Waals surface area (Å²) in [5, 5.41) is 0. The van der Waals surface area contributed by atoms with E-state index in [-0.39, 0.29) is 5.75 Å². The van der Waals surface area contributed by atoms with Gasteiger partial charge in [0.1, 0.15) is 5.75 Å². The SMILES string of the molecule is C=C(C)CCc1ccc2c(c1)CCN(c1cccc(OC(F)(F)F)c1)C2. The van der Waals surface area contributed by atoms with Crippen LogP contribution in [0.1, 0.15) is 30.0 Å². The first-order valence-corrected chi connectivity index (χ1v) is 8.66. The molecule has 3 rings (SSSR count). The molecule has 1 heterocycles. The Labute approximate surface area is 151 Å². The van der Waals surface area contributed by atoms with E-state index >= 15 is 0 Å². The number of anilines is 1. The highest BCUT2D eigenvalue weighted by Crippen LogP contribution is 2.30. The molecule has 5 heteroatoms. The van der Waals surface area contributed by atoms with Crippen molar-refractivity contribution < 1.29 is 17.9 Å². The van der Waals surface area contributed by atoms with Gasteiger partial charge in [0.2, 0.25) is 0 Å². The predicted octanol–water partition coefficient (Wildman–Crippen LogP) is 5.66. The number of fused-ring (bicyclic) bond motifs is 1. The van der Waals surface area contributed by atoms with Crippen LogP contribution in [-0.4, -0.2) is 12.9 Å². The average molecular weight is 361 g/mol. The van der Waals surface area contributed by atoms with Gasteiger partial charge >= 0.3 is 6.36 Å². The third-order valence-corrected chi connectivity index (χ3v) is 4.54. The quantitative estimate of drug-likeness (QED) is 0.638. The van der Waals surface area contributed by atoms with Gasteiger partial charge in [-0.3, -0.25) is 0 Å². The molecule has 2 aromatic rings. The van der Waals surface area contributed by atoms with E-state index in [1.165, 1.54) is 34.4 Å². The summed E-state index contributed by atoms with van der Waals surface area (Å²) in [5.74, 6) is -0.184. The average Bonchev–Trinajstić information content (AvgIpc) is 2.58. The minimum atomic E-state index is -4.67. The minimum Gasteiger partial charge on any atom is -0.406 e. The van der Waals surface area contributed by atoms with Crippen LogP contribution in [0, 0.1) is 0 Å². The third-order valence-electron chi connectivity index (χ3n) is 4.54. The monoisotopic (exact) mass is 361 g/mol. The van der Waals surface area contributed by atoms with E-state index < -0.39 is 6.36 Å². The summed E-state index contributed by atoms with van der Waals surface area (Å²) < 4.78 is 41.3. The molecular formula is C21H22F3NO. The second-order valence-corrected chi connectivity index (χ2v) is 6.78. The summed E-state index contributed by atoms with van der Waals surface area (Å²) >= 11 is 0. The van der Waals surface area contributed by atoms with Crippen molar-refractivity contribution in [3.05, 3.63) is 71.3 Å². The fourth-order valence-electron chi connectivity index (χ4n) is 3.22. The molecule has 2 aromatic carbocycles. The van der Waals surface area contributed by atoms with Crippen LogP contribution in [0.25, 0.3) is 0 Å². The van der Waals surface area contributed by atoms with Gasteiger partial charge in [-0.25, -0.2) is 0 Å². The van der Waals surface area contributed by atoms with E-state index in [1.807, 2.05) is 13.0 Å². The Balaban J connectivity index is 1.72. The van der Waals surface area contributed by atoms with Gasteiger partial charge < -0.3 is 9.64 Å². The molecule has 0 amide bonds. The summed E-state index contributed by atoms with van der Waals surface area (Å²) in [7, 11) is 0. The zero-order chi connectivity index (χ0) is 18.7. The summed E-state index contributed by atoms with van der Waals surface area (Å²) in [6, 6.07) is 12.7. The number of alkyl halides is 3. The molecule has 1 aliphatic rings. The molecule has 1 aliphatic heterocycles. The molecule has 0 fully saturated rings. The first kappa shape index (κ1) is 18.4. The molecule has 0 N–H and O–H groups in total. The number of rotatable bonds is 5. The summed E-state index contributed by atoms with van der Waals surface area (Å²) in [5.41, 5.74) is 5.76. The van der Waals surface area contributed by atoms with E-state index in [9.17, 15) is 13.2 Å².